The van der Waals surface area contributed by atoms with Crippen LogP contribution in [0.1, 0.15) is 12.8 Å². The van der Waals surface area contributed by atoms with Gasteiger partial charge in [-0.25, -0.2) is 9.97 Å². The summed E-state index contributed by atoms with van der Waals surface area (Å²) in [5.74, 6) is 0.410. The molecule has 1 aliphatic heterocycles. The van der Waals surface area contributed by atoms with E-state index in [4.69, 9.17) is 28.1 Å². The van der Waals surface area contributed by atoms with Crippen molar-refractivity contribution in [3.8, 4) is 11.3 Å². The van der Waals surface area contributed by atoms with Gasteiger partial charge >= 0.3 is 0 Å². The smallest absolute Gasteiger partial charge is 0.213 e. The van der Waals surface area contributed by atoms with Crippen LogP contribution in [0.3, 0.4) is 0 Å². The summed E-state index contributed by atoms with van der Waals surface area (Å²) < 4.78 is 20.1. The van der Waals surface area contributed by atoms with Crippen LogP contribution in [0.4, 0.5) is 10.2 Å². The Morgan fingerprint density at radius 3 is 2.65 bits per heavy atom. The highest BCUT2D eigenvalue weighted by Crippen LogP contribution is 2.27. The second kappa shape index (κ2) is 7.38. The van der Waals surface area contributed by atoms with Crippen LogP contribution in [0.15, 0.2) is 24.7 Å². The molecule has 122 valence electrons. The van der Waals surface area contributed by atoms with Crippen molar-refractivity contribution in [1.82, 2.24) is 15.0 Å². The lowest BCUT2D eigenvalue weighted by atomic mass is 10.0. The predicted octanol–water partition coefficient (Wildman–Crippen LogP) is 3.72. The Bertz CT molecular complexity index is 665. The van der Waals surface area contributed by atoms with Crippen molar-refractivity contribution >= 4 is 29.2 Å². The van der Waals surface area contributed by atoms with Crippen molar-refractivity contribution in [1.29, 1.82) is 0 Å². The molecule has 2 aromatic heterocycles. The highest BCUT2D eigenvalue weighted by atomic mass is 35.5. The van der Waals surface area contributed by atoms with Gasteiger partial charge in [-0.3, -0.25) is 9.40 Å². The molecule has 3 heterocycles. The number of anilines is 1. The minimum absolute atomic E-state index is 0.318. The SMILES string of the molecule is Fc1cc(-c2cnc(N(Cl)CC3CCOCC3)cn2)c(Cl)cn1. The van der Waals surface area contributed by atoms with Gasteiger partial charge in [0.15, 0.2) is 5.82 Å². The van der Waals surface area contributed by atoms with E-state index >= 15 is 0 Å². The third-order valence-electron chi connectivity index (χ3n) is 3.74. The normalized spacial score (nSPS) is 15.6. The van der Waals surface area contributed by atoms with Crippen LogP contribution in [0, 0.1) is 11.9 Å². The van der Waals surface area contributed by atoms with Gasteiger partial charge in [-0.2, -0.15) is 4.39 Å². The number of aromatic nitrogens is 3. The second-order valence-electron chi connectivity index (χ2n) is 5.35. The molecule has 0 atom stereocenters. The molecule has 1 aliphatic rings. The molecule has 8 heteroatoms. The summed E-state index contributed by atoms with van der Waals surface area (Å²) in [5.41, 5.74) is 0.917. The van der Waals surface area contributed by atoms with Gasteiger partial charge in [-0.15, -0.1) is 0 Å². The highest BCUT2D eigenvalue weighted by Gasteiger charge is 2.18. The summed E-state index contributed by atoms with van der Waals surface area (Å²) in [7, 11) is 0. The van der Waals surface area contributed by atoms with Crippen molar-refractivity contribution in [2.75, 3.05) is 24.2 Å². The van der Waals surface area contributed by atoms with Gasteiger partial charge in [0.25, 0.3) is 0 Å². The molecule has 1 saturated heterocycles. The van der Waals surface area contributed by atoms with Crippen LogP contribution in [0.5, 0.6) is 0 Å². The Balaban J connectivity index is 1.72. The Hall–Kier alpha value is -1.50. The number of hydrogen-bond donors (Lipinski definition) is 0. The van der Waals surface area contributed by atoms with Crippen LogP contribution < -0.4 is 4.42 Å². The van der Waals surface area contributed by atoms with Crippen LogP contribution in [-0.2, 0) is 4.74 Å². The lowest BCUT2D eigenvalue weighted by Gasteiger charge is -2.25. The standard InChI is InChI=1S/C15H15Cl2FN4O/c16-12-6-20-14(18)5-11(12)13-7-21-15(8-19-13)22(17)9-10-1-3-23-4-2-10/h5-8,10H,1-4,9H2. The first kappa shape index (κ1) is 16.4. The van der Waals surface area contributed by atoms with Crippen LogP contribution in [0.25, 0.3) is 11.3 Å². The van der Waals surface area contributed by atoms with E-state index in [-0.39, 0.29) is 0 Å². The topological polar surface area (TPSA) is 51.1 Å². The average Bonchev–Trinajstić information content (AvgIpc) is 2.58. The summed E-state index contributed by atoms with van der Waals surface area (Å²) in [6.45, 7) is 2.22. The van der Waals surface area contributed by atoms with Crippen molar-refractivity contribution in [3.63, 3.8) is 0 Å². The number of pyridine rings is 1. The quantitative estimate of drug-likeness (QED) is 0.617. The molecule has 0 saturated carbocycles. The molecule has 0 radical (unpaired) electrons. The Morgan fingerprint density at radius 2 is 1.96 bits per heavy atom. The number of ether oxygens (including phenoxy) is 1. The summed E-state index contributed by atoms with van der Waals surface area (Å²) in [4.78, 5) is 12.1. The van der Waals surface area contributed by atoms with Gasteiger partial charge < -0.3 is 4.74 Å². The fourth-order valence-electron chi connectivity index (χ4n) is 2.44. The first-order valence-electron chi connectivity index (χ1n) is 7.28. The summed E-state index contributed by atoms with van der Waals surface area (Å²) in [6, 6.07) is 1.23. The lowest BCUT2D eigenvalue weighted by Crippen LogP contribution is -2.26. The molecule has 0 aliphatic carbocycles. The van der Waals surface area contributed by atoms with Crippen LogP contribution in [-0.4, -0.2) is 34.7 Å². The zero-order valence-corrected chi connectivity index (χ0v) is 13.8. The molecule has 0 amide bonds. The highest BCUT2D eigenvalue weighted by molar-refractivity contribution is 6.33. The van der Waals surface area contributed by atoms with Crippen molar-refractivity contribution in [2.24, 2.45) is 5.92 Å². The third kappa shape index (κ3) is 4.07. The van der Waals surface area contributed by atoms with Gasteiger partial charge in [0, 0.05) is 49.4 Å². The first-order chi connectivity index (χ1) is 11.1. The fourth-order valence-corrected chi connectivity index (χ4v) is 2.93. The second-order valence-corrected chi connectivity index (χ2v) is 6.16. The molecule has 0 aromatic carbocycles. The minimum Gasteiger partial charge on any atom is -0.381 e. The first-order valence-corrected chi connectivity index (χ1v) is 7.99. The maximum absolute atomic E-state index is 13.2. The molecular formula is C15H15Cl2FN4O. The maximum atomic E-state index is 13.2. The lowest BCUT2D eigenvalue weighted by molar-refractivity contribution is 0.0691. The van der Waals surface area contributed by atoms with E-state index in [9.17, 15) is 4.39 Å². The van der Waals surface area contributed by atoms with Gasteiger partial charge in [0.1, 0.15) is 0 Å². The van der Waals surface area contributed by atoms with Gasteiger partial charge in [0.05, 0.1) is 23.1 Å². The average molecular weight is 357 g/mol. The minimum atomic E-state index is -0.617. The molecule has 5 nitrogen and oxygen atoms in total. The summed E-state index contributed by atoms with van der Waals surface area (Å²) in [6.07, 6.45) is 6.30. The molecule has 0 spiro atoms. The van der Waals surface area contributed by atoms with E-state index in [1.54, 1.807) is 10.6 Å². The molecular weight excluding hydrogens is 342 g/mol. The van der Waals surface area contributed by atoms with E-state index in [1.165, 1.54) is 18.5 Å². The molecule has 0 unspecified atom stereocenters. The van der Waals surface area contributed by atoms with Crippen molar-refractivity contribution in [2.45, 2.75) is 12.8 Å². The van der Waals surface area contributed by atoms with Gasteiger partial charge in [0.2, 0.25) is 5.95 Å². The predicted molar refractivity (Wildman–Crippen MR) is 87.0 cm³/mol. The maximum Gasteiger partial charge on any atom is 0.213 e. The van der Waals surface area contributed by atoms with E-state index in [0.717, 1.165) is 26.1 Å². The van der Waals surface area contributed by atoms with E-state index < -0.39 is 5.95 Å². The monoisotopic (exact) mass is 356 g/mol. The van der Waals surface area contributed by atoms with E-state index in [0.29, 0.717) is 34.6 Å². The third-order valence-corrected chi connectivity index (χ3v) is 4.36. The Morgan fingerprint density at radius 1 is 1.17 bits per heavy atom. The van der Waals surface area contributed by atoms with Crippen LogP contribution in [0.2, 0.25) is 5.02 Å². The summed E-state index contributed by atoms with van der Waals surface area (Å²) in [5, 5.41) is 0.318. The Kier molecular flexibility index (Phi) is 5.25. The van der Waals surface area contributed by atoms with E-state index in [1.807, 2.05) is 0 Å². The largest absolute Gasteiger partial charge is 0.381 e. The number of halogens is 3. The molecule has 1 fully saturated rings. The zero-order valence-electron chi connectivity index (χ0n) is 12.3. The van der Waals surface area contributed by atoms with Crippen molar-refractivity contribution < 1.29 is 9.13 Å². The summed E-state index contributed by atoms with van der Waals surface area (Å²) >= 11 is 12.3. The number of hydrogen-bond acceptors (Lipinski definition) is 5. The Labute approximate surface area is 143 Å². The molecule has 0 N–H and O–H groups in total. The van der Waals surface area contributed by atoms with Gasteiger partial charge in [-0.1, -0.05) is 11.6 Å². The van der Waals surface area contributed by atoms with E-state index in [2.05, 4.69) is 15.0 Å². The molecule has 23 heavy (non-hydrogen) atoms. The van der Waals surface area contributed by atoms with Crippen LogP contribution >= 0.6 is 23.4 Å². The molecule has 0 bridgehead atoms. The number of nitrogens with zero attached hydrogens (tertiary/aromatic N) is 4. The van der Waals surface area contributed by atoms with Gasteiger partial charge in [-0.05, 0) is 18.8 Å². The zero-order chi connectivity index (χ0) is 16.2. The fraction of sp³-hybridized carbons (Fsp3) is 0.400. The van der Waals surface area contributed by atoms with Crippen molar-refractivity contribution in [3.05, 3.63) is 35.6 Å². The number of rotatable bonds is 4. The molecule has 3 rings (SSSR count). The molecule has 2 aromatic rings.